The Morgan fingerprint density at radius 3 is 2.95 bits per heavy atom. The number of ether oxygens (including phenoxy) is 1. The minimum Gasteiger partial charge on any atom is -0.443 e. The van der Waals surface area contributed by atoms with E-state index in [4.69, 9.17) is 10.1 Å². The van der Waals surface area contributed by atoms with Crippen molar-refractivity contribution < 1.29 is 13.9 Å². The van der Waals surface area contributed by atoms with Crippen LogP contribution in [0.2, 0.25) is 0 Å². The van der Waals surface area contributed by atoms with E-state index in [0.29, 0.717) is 31.0 Å². The SMILES string of the molecule is CCCN(C=N)c1ccc(N2CC(CNC)OC2=O)cc1F. The zero-order chi connectivity index (χ0) is 16.1. The van der Waals surface area contributed by atoms with E-state index >= 15 is 0 Å². The molecule has 1 aromatic carbocycles. The maximum absolute atomic E-state index is 14.3. The summed E-state index contributed by atoms with van der Waals surface area (Å²) in [5.41, 5.74) is 0.797. The predicted octanol–water partition coefficient (Wildman–Crippen LogP) is 2.19. The molecule has 0 aromatic heterocycles. The fraction of sp³-hybridized carbons (Fsp3) is 0.467. The van der Waals surface area contributed by atoms with Crippen molar-refractivity contribution in [2.45, 2.75) is 19.4 Å². The second kappa shape index (κ2) is 7.22. The average molecular weight is 308 g/mol. The Balaban J connectivity index is 2.19. The van der Waals surface area contributed by atoms with E-state index in [2.05, 4.69) is 5.32 Å². The number of hydrogen-bond donors (Lipinski definition) is 2. The van der Waals surface area contributed by atoms with E-state index in [-0.39, 0.29) is 6.10 Å². The van der Waals surface area contributed by atoms with Gasteiger partial charge in [0.05, 0.1) is 24.3 Å². The molecule has 120 valence electrons. The van der Waals surface area contributed by atoms with Crippen LogP contribution in [-0.4, -0.2) is 45.2 Å². The second-order valence-electron chi connectivity index (χ2n) is 5.13. The quantitative estimate of drug-likeness (QED) is 0.598. The number of rotatable bonds is 7. The van der Waals surface area contributed by atoms with Gasteiger partial charge in [0.1, 0.15) is 11.9 Å². The molecule has 1 amide bonds. The summed E-state index contributed by atoms with van der Waals surface area (Å²) in [5.74, 6) is -0.459. The lowest BCUT2D eigenvalue weighted by atomic mass is 10.2. The van der Waals surface area contributed by atoms with E-state index in [1.165, 1.54) is 15.9 Å². The number of carbonyl (C=O) groups excluding carboxylic acids is 1. The molecule has 0 spiro atoms. The van der Waals surface area contributed by atoms with Crippen LogP contribution in [0.25, 0.3) is 0 Å². The molecule has 0 saturated carbocycles. The number of anilines is 2. The van der Waals surface area contributed by atoms with Gasteiger partial charge in [-0.15, -0.1) is 0 Å². The van der Waals surface area contributed by atoms with Crippen molar-refractivity contribution in [2.24, 2.45) is 0 Å². The van der Waals surface area contributed by atoms with Gasteiger partial charge in [0.25, 0.3) is 0 Å². The largest absolute Gasteiger partial charge is 0.443 e. The third-order valence-corrected chi connectivity index (χ3v) is 3.48. The lowest BCUT2D eigenvalue weighted by Gasteiger charge is -2.20. The Bertz CT molecular complexity index is 552. The lowest BCUT2D eigenvalue weighted by Crippen LogP contribution is -2.29. The molecule has 7 heteroatoms. The van der Waals surface area contributed by atoms with Crippen molar-refractivity contribution >= 4 is 23.8 Å². The smallest absolute Gasteiger partial charge is 0.414 e. The van der Waals surface area contributed by atoms with Gasteiger partial charge in [-0.3, -0.25) is 10.3 Å². The molecule has 1 fully saturated rings. The van der Waals surface area contributed by atoms with E-state index in [1.54, 1.807) is 19.2 Å². The molecule has 6 nitrogen and oxygen atoms in total. The lowest BCUT2D eigenvalue weighted by molar-refractivity contribution is 0.141. The van der Waals surface area contributed by atoms with Crippen molar-refractivity contribution in [1.29, 1.82) is 5.41 Å². The first-order chi connectivity index (χ1) is 10.6. The highest BCUT2D eigenvalue weighted by atomic mass is 19.1. The summed E-state index contributed by atoms with van der Waals surface area (Å²) in [5, 5.41) is 10.3. The summed E-state index contributed by atoms with van der Waals surface area (Å²) in [6.45, 7) is 3.48. The molecule has 2 rings (SSSR count). The molecule has 1 unspecified atom stereocenters. The third-order valence-electron chi connectivity index (χ3n) is 3.48. The third kappa shape index (κ3) is 3.36. The molecule has 0 bridgehead atoms. The van der Waals surface area contributed by atoms with Crippen LogP contribution in [0.5, 0.6) is 0 Å². The van der Waals surface area contributed by atoms with E-state index < -0.39 is 11.9 Å². The molecule has 0 radical (unpaired) electrons. The van der Waals surface area contributed by atoms with Crippen LogP contribution >= 0.6 is 0 Å². The molecule has 0 aliphatic carbocycles. The number of benzene rings is 1. The number of cyclic esters (lactones) is 1. The first-order valence-corrected chi connectivity index (χ1v) is 7.30. The van der Waals surface area contributed by atoms with Gasteiger partial charge in [0.15, 0.2) is 0 Å². The van der Waals surface area contributed by atoms with Crippen molar-refractivity contribution in [1.82, 2.24) is 5.32 Å². The summed E-state index contributed by atoms with van der Waals surface area (Å²) in [7, 11) is 1.78. The summed E-state index contributed by atoms with van der Waals surface area (Å²) in [6.07, 6.45) is 1.21. The van der Waals surface area contributed by atoms with Crippen molar-refractivity contribution in [3.05, 3.63) is 24.0 Å². The molecule has 1 atom stereocenters. The Morgan fingerprint density at radius 2 is 2.36 bits per heavy atom. The molecular weight excluding hydrogens is 287 g/mol. The summed E-state index contributed by atoms with van der Waals surface area (Å²) in [4.78, 5) is 14.8. The van der Waals surface area contributed by atoms with Gasteiger partial charge in [-0.05, 0) is 31.7 Å². The fourth-order valence-electron chi connectivity index (χ4n) is 2.46. The fourth-order valence-corrected chi connectivity index (χ4v) is 2.46. The van der Waals surface area contributed by atoms with E-state index in [9.17, 15) is 9.18 Å². The minimum atomic E-state index is -0.468. The molecule has 1 aromatic rings. The van der Waals surface area contributed by atoms with Gasteiger partial charge >= 0.3 is 6.09 Å². The Labute approximate surface area is 129 Å². The highest BCUT2D eigenvalue weighted by Crippen LogP contribution is 2.27. The van der Waals surface area contributed by atoms with Gasteiger partial charge in [-0.25, -0.2) is 9.18 Å². The topological polar surface area (TPSA) is 68.7 Å². The van der Waals surface area contributed by atoms with Crippen molar-refractivity contribution in [3.8, 4) is 0 Å². The number of hydrogen-bond acceptors (Lipinski definition) is 4. The van der Waals surface area contributed by atoms with Gasteiger partial charge in [-0.2, -0.15) is 0 Å². The standard InChI is InChI=1S/C15H21FN4O2/c1-3-6-19(10-17)14-5-4-11(7-13(14)16)20-9-12(8-18-2)22-15(20)21/h4-5,7,10,12,17-18H,3,6,8-9H2,1-2H3. The highest BCUT2D eigenvalue weighted by Gasteiger charge is 2.32. The highest BCUT2D eigenvalue weighted by molar-refractivity contribution is 5.90. The molecule has 1 aliphatic rings. The molecule has 22 heavy (non-hydrogen) atoms. The number of carbonyl (C=O) groups is 1. The Morgan fingerprint density at radius 1 is 1.59 bits per heavy atom. The molecule has 1 heterocycles. The van der Waals surface area contributed by atoms with Gasteiger partial charge in [-0.1, -0.05) is 6.92 Å². The van der Waals surface area contributed by atoms with Crippen LogP contribution in [-0.2, 0) is 4.74 Å². The number of nitrogens with zero attached hydrogens (tertiary/aromatic N) is 2. The van der Waals surface area contributed by atoms with E-state index in [0.717, 1.165) is 12.8 Å². The maximum atomic E-state index is 14.3. The average Bonchev–Trinajstić information content (AvgIpc) is 2.86. The van der Waals surface area contributed by atoms with Crippen LogP contribution in [0.4, 0.5) is 20.6 Å². The Hall–Kier alpha value is -2.15. The molecule has 2 N–H and O–H groups in total. The summed E-state index contributed by atoms with van der Waals surface area (Å²) < 4.78 is 19.5. The minimum absolute atomic E-state index is 0.238. The van der Waals surface area contributed by atoms with Crippen LogP contribution < -0.4 is 15.1 Å². The van der Waals surface area contributed by atoms with Crippen LogP contribution in [0, 0.1) is 11.2 Å². The zero-order valence-corrected chi connectivity index (χ0v) is 12.8. The first kappa shape index (κ1) is 16.2. The Kier molecular flexibility index (Phi) is 5.32. The van der Waals surface area contributed by atoms with Crippen LogP contribution in [0.1, 0.15) is 13.3 Å². The number of halogens is 1. The number of amides is 1. The number of likely N-dealkylation sites (N-methyl/N-ethyl adjacent to an activating group) is 1. The van der Waals surface area contributed by atoms with Gasteiger partial charge in [0.2, 0.25) is 0 Å². The van der Waals surface area contributed by atoms with Crippen molar-refractivity contribution in [2.75, 3.05) is 36.5 Å². The van der Waals surface area contributed by atoms with E-state index in [1.807, 2.05) is 6.92 Å². The van der Waals surface area contributed by atoms with Crippen molar-refractivity contribution in [3.63, 3.8) is 0 Å². The summed E-state index contributed by atoms with van der Waals surface area (Å²) in [6, 6.07) is 4.57. The molecule has 1 saturated heterocycles. The maximum Gasteiger partial charge on any atom is 0.414 e. The van der Waals surface area contributed by atoms with Gasteiger partial charge in [0, 0.05) is 13.1 Å². The first-order valence-electron chi connectivity index (χ1n) is 7.30. The van der Waals surface area contributed by atoms with Gasteiger partial charge < -0.3 is 15.0 Å². The predicted molar refractivity (Wildman–Crippen MR) is 84.4 cm³/mol. The zero-order valence-electron chi connectivity index (χ0n) is 12.8. The normalized spacial score (nSPS) is 17.5. The second-order valence-corrected chi connectivity index (χ2v) is 5.13. The van der Waals surface area contributed by atoms with Crippen LogP contribution in [0.3, 0.4) is 0 Å². The molecule has 1 aliphatic heterocycles. The monoisotopic (exact) mass is 308 g/mol. The summed E-state index contributed by atoms with van der Waals surface area (Å²) >= 11 is 0. The number of nitrogens with one attached hydrogen (secondary N) is 2. The van der Waals surface area contributed by atoms with Crippen LogP contribution in [0.15, 0.2) is 18.2 Å². The molecular formula is C15H21FN4O2.